The summed E-state index contributed by atoms with van der Waals surface area (Å²) >= 11 is 0. The number of carbonyl (C=O) groups is 1. The molecule has 0 bridgehead atoms. The molecule has 0 aromatic heterocycles. The van der Waals surface area contributed by atoms with Crippen molar-refractivity contribution in [3.63, 3.8) is 0 Å². The molecular formula is C16H25ClFN3O. The largest absolute Gasteiger partial charge is 0.326 e. The molecule has 1 aromatic rings. The average molecular weight is 330 g/mol. The monoisotopic (exact) mass is 329 g/mol. The Kier molecular flexibility index (Phi) is 8.38. The van der Waals surface area contributed by atoms with Crippen LogP contribution in [0.25, 0.3) is 0 Å². The van der Waals surface area contributed by atoms with Gasteiger partial charge in [-0.25, -0.2) is 4.39 Å². The number of rotatable bonds is 5. The fraction of sp³-hybridized carbons (Fsp3) is 0.562. The first kappa shape index (κ1) is 18.9. The van der Waals surface area contributed by atoms with Crippen molar-refractivity contribution < 1.29 is 9.18 Å². The summed E-state index contributed by atoms with van der Waals surface area (Å²) in [5.41, 5.74) is 0.515. The second-order valence-electron chi connectivity index (χ2n) is 5.62. The maximum atomic E-state index is 13.0. The zero-order valence-electron chi connectivity index (χ0n) is 13.0. The van der Waals surface area contributed by atoms with Gasteiger partial charge in [-0.3, -0.25) is 4.79 Å². The lowest BCUT2D eigenvalue weighted by Gasteiger charge is -2.26. The first-order valence-corrected chi connectivity index (χ1v) is 7.61. The molecule has 1 heterocycles. The van der Waals surface area contributed by atoms with Gasteiger partial charge in [0.1, 0.15) is 5.82 Å². The van der Waals surface area contributed by atoms with Gasteiger partial charge in [-0.15, -0.1) is 12.4 Å². The Bertz CT molecular complexity index is 464. The molecule has 1 fully saturated rings. The first-order valence-electron chi connectivity index (χ1n) is 7.61. The van der Waals surface area contributed by atoms with Gasteiger partial charge >= 0.3 is 0 Å². The molecular weight excluding hydrogens is 305 g/mol. The standard InChI is InChI=1S/C16H24FN3O.ClH/c1-20(15-6-3-9-18-10-7-15)11-8-16(21)19-14-5-2-4-13(17)12-14;/h2,4-5,12,15,18H,3,6-11H2,1H3,(H,19,21);1H. The summed E-state index contributed by atoms with van der Waals surface area (Å²) in [6.45, 7) is 2.86. The van der Waals surface area contributed by atoms with E-state index < -0.39 is 0 Å². The van der Waals surface area contributed by atoms with Crippen LogP contribution in [0.3, 0.4) is 0 Å². The molecule has 4 nitrogen and oxygen atoms in total. The zero-order chi connectivity index (χ0) is 15.1. The summed E-state index contributed by atoms with van der Waals surface area (Å²) in [6, 6.07) is 6.53. The molecule has 0 saturated carbocycles. The predicted molar refractivity (Wildman–Crippen MR) is 90.0 cm³/mol. The molecule has 1 aliphatic rings. The minimum absolute atomic E-state index is 0. The molecule has 1 saturated heterocycles. The van der Waals surface area contributed by atoms with Crippen molar-refractivity contribution in [1.29, 1.82) is 0 Å². The van der Waals surface area contributed by atoms with Crippen molar-refractivity contribution >= 4 is 24.0 Å². The van der Waals surface area contributed by atoms with Gasteiger partial charge in [0.05, 0.1) is 0 Å². The van der Waals surface area contributed by atoms with Crippen LogP contribution in [0.2, 0.25) is 0 Å². The molecule has 1 aliphatic heterocycles. The van der Waals surface area contributed by atoms with E-state index in [4.69, 9.17) is 0 Å². The summed E-state index contributed by atoms with van der Waals surface area (Å²) < 4.78 is 13.0. The van der Waals surface area contributed by atoms with Gasteiger partial charge in [0.2, 0.25) is 5.91 Å². The fourth-order valence-electron chi connectivity index (χ4n) is 2.69. The topological polar surface area (TPSA) is 44.4 Å². The highest BCUT2D eigenvalue weighted by molar-refractivity contribution is 5.90. The Labute approximate surface area is 137 Å². The Balaban J connectivity index is 0.00000242. The quantitative estimate of drug-likeness (QED) is 0.873. The molecule has 124 valence electrons. The molecule has 1 atom stereocenters. The van der Waals surface area contributed by atoms with Crippen LogP contribution in [-0.4, -0.2) is 43.5 Å². The van der Waals surface area contributed by atoms with Gasteiger partial charge in [-0.05, 0) is 57.6 Å². The molecule has 1 aromatic carbocycles. The van der Waals surface area contributed by atoms with Crippen LogP contribution in [0, 0.1) is 5.82 Å². The molecule has 1 unspecified atom stereocenters. The van der Waals surface area contributed by atoms with Crippen molar-refractivity contribution in [2.75, 3.05) is 32.0 Å². The van der Waals surface area contributed by atoms with Crippen molar-refractivity contribution in [2.45, 2.75) is 31.7 Å². The van der Waals surface area contributed by atoms with E-state index in [1.807, 2.05) is 0 Å². The van der Waals surface area contributed by atoms with E-state index in [0.717, 1.165) is 26.1 Å². The van der Waals surface area contributed by atoms with E-state index >= 15 is 0 Å². The molecule has 0 radical (unpaired) electrons. The van der Waals surface area contributed by atoms with Crippen LogP contribution >= 0.6 is 12.4 Å². The molecule has 22 heavy (non-hydrogen) atoms. The number of hydrogen-bond donors (Lipinski definition) is 2. The van der Waals surface area contributed by atoms with Gasteiger partial charge in [0.15, 0.2) is 0 Å². The second-order valence-corrected chi connectivity index (χ2v) is 5.62. The smallest absolute Gasteiger partial charge is 0.225 e. The summed E-state index contributed by atoms with van der Waals surface area (Å²) in [5.74, 6) is -0.407. The van der Waals surface area contributed by atoms with Gasteiger partial charge in [0, 0.05) is 24.7 Å². The Morgan fingerprint density at radius 1 is 1.41 bits per heavy atom. The number of amides is 1. The Hall–Kier alpha value is -1.17. The SMILES string of the molecule is CN(CCC(=O)Nc1cccc(F)c1)C1CCCNCC1.Cl. The fourth-order valence-corrected chi connectivity index (χ4v) is 2.69. The van der Waals surface area contributed by atoms with E-state index in [2.05, 4.69) is 22.6 Å². The third-order valence-corrected chi connectivity index (χ3v) is 3.97. The third-order valence-electron chi connectivity index (χ3n) is 3.97. The van der Waals surface area contributed by atoms with Crippen molar-refractivity contribution in [3.8, 4) is 0 Å². The van der Waals surface area contributed by atoms with Crippen LogP contribution in [0.15, 0.2) is 24.3 Å². The van der Waals surface area contributed by atoms with Gasteiger partial charge in [-0.2, -0.15) is 0 Å². The number of hydrogen-bond acceptors (Lipinski definition) is 3. The maximum Gasteiger partial charge on any atom is 0.225 e. The van der Waals surface area contributed by atoms with E-state index in [0.29, 0.717) is 18.2 Å². The van der Waals surface area contributed by atoms with E-state index in [-0.39, 0.29) is 24.1 Å². The highest BCUT2D eigenvalue weighted by Gasteiger charge is 2.17. The van der Waals surface area contributed by atoms with Crippen LogP contribution in [0.1, 0.15) is 25.7 Å². The minimum Gasteiger partial charge on any atom is -0.326 e. The molecule has 2 N–H and O–H groups in total. The number of nitrogens with zero attached hydrogens (tertiary/aromatic N) is 1. The summed E-state index contributed by atoms with van der Waals surface area (Å²) in [4.78, 5) is 14.2. The van der Waals surface area contributed by atoms with Crippen molar-refractivity contribution in [3.05, 3.63) is 30.1 Å². The molecule has 6 heteroatoms. The van der Waals surface area contributed by atoms with Gasteiger partial charge in [0.25, 0.3) is 0 Å². The number of carbonyl (C=O) groups excluding carboxylic acids is 1. The Morgan fingerprint density at radius 3 is 3.00 bits per heavy atom. The van der Waals surface area contributed by atoms with Crippen molar-refractivity contribution in [1.82, 2.24) is 10.2 Å². The zero-order valence-corrected chi connectivity index (χ0v) is 13.8. The first-order chi connectivity index (χ1) is 10.1. The molecule has 2 rings (SSSR count). The second kappa shape index (κ2) is 9.77. The lowest BCUT2D eigenvalue weighted by atomic mass is 10.1. The highest BCUT2D eigenvalue weighted by atomic mass is 35.5. The summed E-state index contributed by atoms with van der Waals surface area (Å²) in [7, 11) is 2.07. The number of anilines is 1. The van der Waals surface area contributed by atoms with E-state index in [1.165, 1.54) is 25.0 Å². The maximum absolute atomic E-state index is 13.0. The molecule has 0 spiro atoms. The minimum atomic E-state index is -0.337. The Morgan fingerprint density at radius 2 is 2.23 bits per heavy atom. The normalized spacial score (nSPS) is 18.4. The highest BCUT2D eigenvalue weighted by Crippen LogP contribution is 2.13. The summed E-state index contributed by atoms with van der Waals surface area (Å²) in [5, 5.41) is 6.13. The van der Waals surface area contributed by atoms with E-state index in [9.17, 15) is 9.18 Å². The van der Waals surface area contributed by atoms with Gasteiger partial charge in [-0.1, -0.05) is 6.07 Å². The number of halogens is 2. The lowest BCUT2D eigenvalue weighted by Crippen LogP contribution is -2.34. The molecule has 0 aliphatic carbocycles. The lowest BCUT2D eigenvalue weighted by molar-refractivity contribution is -0.116. The number of nitrogens with one attached hydrogen (secondary N) is 2. The van der Waals surface area contributed by atoms with Crippen LogP contribution in [0.5, 0.6) is 0 Å². The molecule has 1 amide bonds. The predicted octanol–water partition coefficient (Wildman–Crippen LogP) is 2.65. The van der Waals surface area contributed by atoms with Crippen LogP contribution in [-0.2, 0) is 4.79 Å². The van der Waals surface area contributed by atoms with E-state index in [1.54, 1.807) is 12.1 Å². The van der Waals surface area contributed by atoms with Gasteiger partial charge < -0.3 is 15.5 Å². The average Bonchev–Trinajstić information content (AvgIpc) is 2.74. The van der Waals surface area contributed by atoms with Crippen LogP contribution in [0.4, 0.5) is 10.1 Å². The van der Waals surface area contributed by atoms with Crippen LogP contribution < -0.4 is 10.6 Å². The summed E-state index contributed by atoms with van der Waals surface area (Å²) in [6.07, 6.45) is 3.92. The third kappa shape index (κ3) is 6.30. The number of benzene rings is 1. The van der Waals surface area contributed by atoms with Crippen molar-refractivity contribution in [2.24, 2.45) is 0 Å².